The van der Waals surface area contributed by atoms with E-state index in [1.54, 1.807) is 11.8 Å². The van der Waals surface area contributed by atoms with Crippen LogP contribution in [0.4, 0.5) is 0 Å². The van der Waals surface area contributed by atoms with E-state index in [1.165, 1.54) is 6.20 Å². The Balaban J connectivity index is 2.57. The van der Waals surface area contributed by atoms with Crippen molar-refractivity contribution in [3.8, 4) is 0 Å². The van der Waals surface area contributed by atoms with Crippen LogP contribution in [0.5, 0.6) is 0 Å². The van der Waals surface area contributed by atoms with Gasteiger partial charge in [0.05, 0.1) is 19.3 Å². The number of methoxy groups -OCH3 is 1. The van der Waals surface area contributed by atoms with Gasteiger partial charge in [0.2, 0.25) is 0 Å². The zero-order valence-electron chi connectivity index (χ0n) is 12.4. The van der Waals surface area contributed by atoms with Gasteiger partial charge < -0.3 is 9.84 Å². The van der Waals surface area contributed by atoms with Gasteiger partial charge in [-0.3, -0.25) is 9.58 Å². The van der Waals surface area contributed by atoms with Crippen molar-refractivity contribution in [3.63, 3.8) is 0 Å². The summed E-state index contributed by atoms with van der Waals surface area (Å²) in [5.74, 6) is -1.05. The maximum atomic E-state index is 10.8. The number of carboxylic acids is 1. The Labute approximate surface area is 119 Å². The molecule has 0 spiro atoms. The lowest BCUT2D eigenvalue weighted by Crippen LogP contribution is -2.39. The Morgan fingerprint density at radius 1 is 1.45 bits per heavy atom. The third-order valence-corrected chi connectivity index (χ3v) is 3.42. The molecule has 114 valence electrons. The van der Waals surface area contributed by atoms with Crippen molar-refractivity contribution in [2.75, 3.05) is 26.8 Å². The first-order valence-corrected chi connectivity index (χ1v) is 6.98. The zero-order chi connectivity index (χ0) is 15.0. The lowest BCUT2D eigenvalue weighted by atomic mass is 10.1. The SMILES string of the molecule is CCC(CC)N(CCOC)CCn1cc(C(=O)O)nn1. The van der Waals surface area contributed by atoms with Crippen LogP contribution in [0.2, 0.25) is 0 Å². The highest BCUT2D eigenvalue weighted by molar-refractivity contribution is 5.84. The van der Waals surface area contributed by atoms with Gasteiger partial charge in [0, 0.05) is 26.2 Å². The summed E-state index contributed by atoms with van der Waals surface area (Å²) in [7, 11) is 1.70. The number of nitrogens with zero attached hydrogens (tertiary/aromatic N) is 4. The van der Waals surface area contributed by atoms with Crippen molar-refractivity contribution in [2.24, 2.45) is 0 Å². The number of hydrogen-bond acceptors (Lipinski definition) is 5. The average molecular weight is 284 g/mol. The molecule has 0 atom stereocenters. The van der Waals surface area contributed by atoms with E-state index in [-0.39, 0.29) is 5.69 Å². The highest BCUT2D eigenvalue weighted by Crippen LogP contribution is 2.08. The van der Waals surface area contributed by atoms with Gasteiger partial charge in [-0.15, -0.1) is 5.10 Å². The second kappa shape index (κ2) is 8.65. The van der Waals surface area contributed by atoms with Crippen LogP contribution in [0.3, 0.4) is 0 Å². The first-order chi connectivity index (χ1) is 9.62. The van der Waals surface area contributed by atoms with Crippen molar-refractivity contribution in [1.29, 1.82) is 0 Å². The van der Waals surface area contributed by atoms with E-state index in [1.807, 2.05) is 0 Å². The Kier molecular flexibility index (Phi) is 7.17. The third kappa shape index (κ3) is 4.90. The fraction of sp³-hybridized carbons (Fsp3) is 0.769. The Morgan fingerprint density at radius 2 is 2.15 bits per heavy atom. The lowest BCUT2D eigenvalue weighted by molar-refractivity contribution is 0.0690. The summed E-state index contributed by atoms with van der Waals surface area (Å²) in [6, 6.07) is 0.507. The van der Waals surface area contributed by atoms with E-state index in [4.69, 9.17) is 9.84 Å². The van der Waals surface area contributed by atoms with Crippen molar-refractivity contribution < 1.29 is 14.6 Å². The largest absolute Gasteiger partial charge is 0.476 e. The van der Waals surface area contributed by atoms with Crippen LogP contribution >= 0.6 is 0 Å². The van der Waals surface area contributed by atoms with Gasteiger partial charge in [-0.25, -0.2) is 4.79 Å². The molecule has 0 bridgehead atoms. The Morgan fingerprint density at radius 3 is 2.65 bits per heavy atom. The number of carboxylic acid groups (broad SMARTS) is 1. The minimum absolute atomic E-state index is 0.0176. The molecule has 7 heteroatoms. The Hall–Kier alpha value is -1.47. The summed E-state index contributed by atoms with van der Waals surface area (Å²) >= 11 is 0. The topological polar surface area (TPSA) is 80.5 Å². The van der Waals surface area contributed by atoms with Crippen LogP contribution in [0, 0.1) is 0 Å². The Bertz CT molecular complexity index is 404. The van der Waals surface area contributed by atoms with Crippen molar-refractivity contribution in [3.05, 3.63) is 11.9 Å². The molecule has 0 radical (unpaired) electrons. The van der Waals surface area contributed by atoms with Crippen LogP contribution in [-0.4, -0.2) is 63.8 Å². The summed E-state index contributed by atoms with van der Waals surface area (Å²) in [6.45, 7) is 7.33. The molecule has 0 amide bonds. The highest BCUT2D eigenvalue weighted by atomic mass is 16.5. The maximum absolute atomic E-state index is 10.8. The molecule has 1 aromatic heterocycles. The molecule has 7 nitrogen and oxygen atoms in total. The molecular formula is C13H24N4O3. The lowest BCUT2D eigenvalue weighted by Gasteiger charge is -2.30. The number of aromatic nitrogens is 3. The van der Waals surface area contributed by atoms with Gasteiger partial charge in [-0.05, 0) is 12.8 Å². The molecule has 0 fully saturated rings. The first kappa shape index (κ1) is 16.6. The third-order valence-electron chi connectivity index (χ3n) is 3.42. The fourth-order valence-corrected chi connectivity index (χ4v) is 2.23. The predicted octanol–water partition coefficient (Wildman–Crippen LogP) is 1.11. The fourth-order valence-electron chi connectivity index (χ4n) is 2.23. The quantitative estimate of drug-likeness (QED) is 0.693. The molecule has 0 saturated heterocycles. The van der Waals surface area contributed by atoms with Gasteiger partial charge in [0.25, 0.3) is 0 Å². The van der Waals surface area contributed by atoms with Crippen molar-refractivity contribution >= 4 is 5.97 Å². The number of rotatable bonds is 10. The van der Waals surface area contributed by atoms with Gasteiger partial charge in [-0.1, -0.05) is 19.1 Å². The summed E-state index contributed by atoms with van der Waals surface area (Å²) < 4.78 is 6.72. The summed E-state index contributed by atoms with van der Waals surface area (Å²) in [5, 5.41) is 16.3. The summed E-state index contributed by atoms with van der Waals surface area (Å²) in [6.07, 6.45) is 3.62. The monoisotopic (exact) mass is 284 g/mol. The molecule has 1 aromatic rings. The van der Waals surface area contributed by atoms with Crippen LogP contribution in [-0.2, 0) is 11.3 Å². The van der Waals surface area contributed by atoms with Gasteiger partial charge in [0.15, 0.2) is 5.69 Å². The standard InChI is InChI=1S/C13H24N4O3/c1-4-11(5-2)16(8-9-20-3)6-7-17-10-12(13(18)19)14-15-17/h10-11H,4-9H2,1-3H3,(H,18,19). The summed E-state index contributed by atoms with van der Waals surface area (Å²) in [5.41, 5.74) is -0.0176. The van der Waals surface area contributed by atoms with E-state index in [9.17, 15) is 4.79 Å². The van der Waals surface area contributed by atoms with Crippen LogP contribution in [0.1, 0.15) is 37.2 Å². The molecule has 1 heterocycles. The second-order valence-corrected chi connectivity index (χ2v) is 4.67. The number of hydrogen-bond donors (Lipinski definition) is 1. The smallest absolute Gasteiger partial charge is 0.358 e. The molecule has 1 N–H and O–H groups in total. The van der Waals surface area contributed by atoms with Gasteiger partial charge in [-0.2, -0.15) is 0 Å². The van der Waals surface area contributed by atoms with E-state index < -0.39 is 5.97 Å². The van der Waals surface area contributed by atoms with Crippen LogP contribution < -0.4 is 0 Å². The molecule has 20 heavy (non-hydrogen) atoms. The van der Waals surface area contributed by atoms with Crippen molar-refractivity contribution in [2.45, 2.75) is 39.3 Å². The average Bonchev–Trinajstić information content (AvgIpc) is 2.91. The van der Waals surface area contributed by atoms with E-state index in [0.29, 0.717) is 19.2 Å². The van der Waals surface area contributed by atoms with E-state index >= 15 is 0 Å². The van der Waals surface area contributed by atoms with Gasteiger partial charge >= 0.3 is 5.97 Å². The van der Waals surface area contributed by atoms with Crippen LogP contribution in [0.25, 0.3) is 0 Å². The number of ether oxygens (including phenoxy) is 1. The normalized spacial score (nSPS) is 11.4. The van der Waals surface area contributed by atoms with E-state index in [0.717, 1.165) is 25.9 Å². The minimum Gasteiger partial charge on any atom is -0.476 e. The second-order valence-electron chi connectivity index (χ2n) is 4.67. The maximum Gasteiger partial charge on any atom is 0.358 e. The molecular weight excluding hydrogens is 260 g/mol. The van der Waals surface area contributed by atoms with Crippen LogP contribution in [0.15, 0.2) is 6.20 Å². The zero-order valence-corrected chi connectivity index (χ0v) is 12.4. The molecule has 0 unspecified atom stereocenters. The highest BCUT2D eigenvalue weighted by Gasteiger charge is 2.15. The molecule has 0 aromatic carbocycles. The molecule has 1 rings (SSSR count). The molecule has 0 aliphatic rings. The predicted molar refractivity (Wildman–Crippen MR) is 74.8 cm³/mol. The van der Waals surface area contributed by atoms with E-state index in [2.05, 4.69) is 29.1 Å². The molecule has 0 aliphatic heterocycles. The first-order valence-electron chi connectivity index (χ1n) is 6.98. The summed E-state index contributed by atoms with van der Waals surface area (Å²) in [4.78, 5) is 13.1. The van der Waals surface area contributed by atoms with Gasteiger partial charge in [0.1, 0.15) is 0 Å². The van der Waals surface area contributed by atoms with Crippen molar-refractivity contribution in [1.82, 2.24) is 19.9 Å². The minimum atomic E-state index is -1.05. The molecule has 0 aliphatic carbocycles. The number of carbonyl (C=O) groups is 1. The molecule has 0 saturated carbocycles. The number of aromatic carboxylic acids is 1.